The molecule has 6 aliphatic rings. The molecule has 0 heterocycles. The molecule has 0 aromatic carbocycles. The van der Waals surface area contributed by atoms with Gasteiger partial charge in [0.25, 0.3) is 0 Å². The summed E-state index contributed by atoms with van der Waals surface area (Å²) in [4.78, 5) is 34.0. The lowest BCUT2D eigenvalue weighted by Crippen LogP contribution is -2.32. The van der Waals surface area contributed by atoms with Gasteiger partial charge in [-0.25, -0.2) is 0 Å². The molecule has 7 nitrogen and oxygen atoms in total. The van der Waals surface area contributed by atoms with E-state index in [2.05, 4.69) is 43.4 Å². The van der Waals surface area contributed by atoms with E-state index in [-0.39, 0.29) is 29.9 Å². The van der Waals surface area contributed by atoms with Gasteiger partial charge in [-0.05, 0) is 99.7 Å². The molecule has 0 aromatic rings. The lowest BCUT2D eigenvalue weighted by atomic mass is 9.84. The van der Waals surface area contributed by atoms with Crippen LogP contribution in [0.4, 0.5) is 0 Å². The fourth-order valence-electron chi connectivity index (χ4n) is 8.28. The molecule has 7 heteroatoms. The number of rotatable bonds is 6. The normalized spacial score (nSPS) is 39.1. The number of allylic oxidation sites excluding steroid dienone is 6. The van der Waals surface area contributed by atoms with Crippen molar-refractivity contribution < 1.29 is 33.7 Å². The van der Waals surface area contributed by atoms with E-state index in [0.717, 1.165) is 19.3 Å². The van der Waals surface area contributed by atoms with Gasteiger partial charge in [-0.2, -0.15) is 0 Å². The Labute approximate surface area is 245 Å². The van der Waals surface area contributed by atoms with Gasteiger partial charge in [0.2, 0.25) is 0 Å². The van der Waals surface area contributed by atoms with Gasteiger partial charge < -0.3 is 19.3 Å². The summed E-state index contributed by atoms with van der Waals surface area (Å²) in [5.41, 5.74) is -0.413. The molecular weight excluding hydrogens is 520 g/mol. The summed E-state index contributed by atoms with van der Waals surface area (Å²) in [5.74, 6) is 3.79. The number of fused-ring (bicyclic) bond motifs is 6. The van der Waals surface area contributed by atoms with Gasteiger partial charge in [0.15, 0.2) is 0 Å². The lowest BCUT2D eigenvalue weighted by Gasteiger charge is -2.28. The number of aliphatic carboxylic acids is 1. The van der Waals surface area contributed by atoms with Crippen LogP contribution in [-0.4, -0.2) is 48.9 Å². The second-order valence-electron chi connectivity index (χ2n) is 14.0. The largest absolute Gasteiger partial charge is 0.481 e. The molecule has 0 amide bonds. The minimum Gasteiger partial charge on any atom is -0.481 e. The zero-order valence-corrected chi connectivity index (χ0v) is 25.8. The van der Waals surface area contributed by atoms with Crippen molar-refractivity contribution in [1.82, 2.24) is 0 Å². The summed E-state index contributed by atoms with van der Waals surface area (Å²) in [6.45, 7) is 9.88. The topological polar surface area (TPSA) is 99.1 Å². The van der Waals surface area contributed by atoms with E-state index in [4.69, 9.17) is 19.3 Å². The van der Waals surface area contributed by atoms with Crippen molar-refractivity contribution >= 4 is 17.9 Å². The van der Waals surface area contributed by atoms with E-state index in [1.807, 2.05) is 27.7 Å². The fraction of sp³-hybridized carbons (Fsp3) is 0.735. The maximum atomic E-state index is 11.9. The Morgan fingerprint density at radius 1 is 0.780 bits per heavy atom. The molecule has 3 fully saturated rings. The number of carboxylic acids is 1. The van der Waals surface area contributed by atoms with Gasteiger partial charge in [0.1, 0.15) is 5.60 Å². The first kappa shape index (κ1) is 31.5. The monoisotopic (exact) mass is 570 g/mol. The van der Waals surface area contributed by atoms with Crippen LogP contribution in [0.1, 0.15) is 66.7 Å². The molecule has 3 saturated carbocycles. The zero-order valence-electron chi connectivity index (χ0n) is 25.8. The van der Waals surface area contributed by atoms with Gasteiger partial charge in [-0.15, -0.1) is 0 Å². The molecule has 12 unspecified atom stereocenters. The van der Waals surface area contributed by atoms with E-state index in [0.29, 0.717) is 59.7 Å². The molecule has 6 aliphatic carbocycles. The first-order valence-corrected chi connectivity index (χ1v) is 15.4. The van der Waals surface area contributed by atoms with Gasteiger partial charge in [-0.1, -0.05) is 50.3 Å². The quantitative estimate of drug-likeness (QED) is 0.305. The Balaban J connectivity index is 0.000000147. The average molecular weight is 571 g/mol. The molecule has 41 heavy (non-hydrogen) atoms. The molecular formula is C34H50O7. The predicted octanol–water partition coefficient (Wildman–Crippen LogP) is 6.09. The second kappa shape index (κ2) is 12.8. The van der Waals surface area contributed by atoms with Crippen LogP contribution in [0.3, 0.4) is 0 Å². The van der Waals surface area contributed by atoms with E-state index >= 15 is 0 Å². The third kappa shape index (κ3) is 7.15. The van der Waals surface area contributed by atoms with Crippen LogP contribution < -0.4 is 0 Å². The highest BCUT2D eigenvalue weighted by molar-refractivity contribution is 5.74. The molecule has 0 aromatic heterocycles. The van der Waals surface area contributed by atoms with E-state index in [9.17, 15) is 14.4 Å². The molecule has 228 valence electrons. The maximum absolute atomic E-state index is 11.9. The van der Waals surface area contributed by atoms with E-state index in [1.165, 1.54) is 13.5 Å². The van der Waals surface area contributed by atoms with E-state index < -0.39 is 11.6 Å². The van der Waals surface area contributed by atoms with Crippen LogP contribution in [0.25, 0.3) is 0 Å². The molecule has 0 aliphatic heterocycles. The first-order chi connectivity index (χ1) is 19.3. The zero-order chi connectivity index (χ0) is 30.1. The third-order valence-corrected chi connectivity index (χ3v) is 10.4. The number of esters is 2. The van der Waals surface area contributed by atoms with Crippen LogP contribution >= 0.6 is 0 Å². The summed E-state index contributed by atoms with van der Waals surface area (Å²) in [6, 6.07) is 0. The van der Waals surface area contributed by atoms with Crippen molar-refractivity contribution in [2.75, 3.05) is 14.2 Å². The Morgan fingerprint density at radius 3 is 1.68 bits per heavy atom. The molecule has 1 N–H and O–H groups in total. The number of hydrogen-bond donors (Lipinski definition) is 1. The lowest BCUT2D eigenvalue weighted by molar-refractivity contribution is -0.158. The fourth-order valence-corrected chi connectivity index (χ4v) is 8.28. The van der Waals surface area contributed by atoms with Crippen molar-refractivity contribution in [1.29, 1.82) is 0 Å². The molecule has 6 rings (SSSR count). The smallest absolute Gasteiger partial charge is 0.309 e. The third-order valence-electron chi connectivity index (χ3n) is 10.4. The highest BCUT2D eigenvalue weighted by Crippen LogP contribution is 2.49. The Morgan fingerprint density at radius 2 is 1.32 bits per heavy atom. The van der Waals surface area contributed by atoms with Crippen LogP contribution in [0, 0.1) is 65.1 Å². The molecule has 0 radical (unpaired) electrons. The Bertz CT molecular complexity index is 1050. The highest BCUT2D eigenvalue weighted by Gasteiger charge is 2.47. The number of methoxy groups -OCH3 is 2. The van der Waals surface area contributed by atoms with Crippen molar-refractivity contribution in [2.24, 2.45) is 65.1 Å². The van der Waals surface area contributed by atoms with Crippen molar-refractivity contribution in [2.45, 2.75) is 78.4 Å². The standard InChI is InChI=1S/C15H24O3.C10H14O2.C9H12O2/c1-15(2,3)18-14(16)9-13(17-4)12-8-10-5-6-11(12)7-10;1-6-7-3-4-8(5-7)9(6)10(11)12-2;1-5-6-2-3-7(4-6)8(5)9(10)11/h5-6,10-13H,7-9H2,1-4H3;3-4,6-9H,5H2,1-2H3;2-3,5-8H,4H2,1H3,(H,10,11). The first-order valence-electron chi connectivity index (χ1n) is 15.4. The molecule has 6 bridgehead atoms. The molecule has 12 atom stereocenters. The van der Waals surface area contributed by atoms with Crippen LogP contribution in [0.15, 0.2) is 36.5 Å². The van der Waals surface area contributed by atoms with Crippen LogP contribution in [0.2, 0.25) is 0 Å². The minimum atomic E-state index is -0.616. The van der Waals surface area contributed by atoms with Gasteiger partial charge in [-0.3, -0.25) is 14.4 Å². The average Bonchev–Trinajstić information content (AvgIpc) is 3.74. The maximum Gasteiger partial charge on any atom is 0.309 e. The van der Waals surface area contributed by atoms with Crippen molar-refractivity contribution in [3.63, 3.8) is 0 Å². The summed E-state index contributed by atoms with van der Waals surface area (Å²) in [7, 11) is 3.18. The summed E-state index contributed by atoms with van der Waals surface area (Å²) >= 11 is 0. The number of ether oxygens (including phenoxy) is 3. The van der Waals surface area contributed by atoms with Gasteiger partial charge in [0, 0.05) is 7.11 Å². The SMILES string of the molecule is CC1C2C=CC(C2)C1C(=O)O.COC(=O)C1C2C=CC(C2)C1C.COC(CC(=O)OC(C)(C)C)C1CC2C=CC1C2. The highest BCUT2D eigenvalue weighted by atomic mass is 16.6. The molecule has 0 saturated heterocycles. The van der Waals surface area contributed by atoms with E-state index in [1.54, 1.807) is 7.11 Å². The van der Waals surface area contributed by atoms with Crippen LogP contribution in [0.5, 0.6) is 0 Å². The number of carbonyl (C=O) groups is 3. The van der Waals surface area contributed by atoms with Gasteiger partial charge in [0.05, 0.1) is 31.5 Å². The summed E-state index contributed by atoms with van der Waals surface area (Å²) < 4.78 is 15.7. The predicted molar refractivity (Wildman–Crippen MR) is 157 cm³/mol. The number of carbonyl (C=O) groups excluding carboxylic acids is 2. The molecule has 0 spiro atoms. The second-order valence-corrected chi connectivity index (χ2v) is 14.0. The Hall–Kier alpha value is -2.41. The number of hydrogen-bond acceptors (Lipinski definition) is 6. The van der Waals surface area contributed by atoms with Crippen LogP contribution in [-0.2, 0) is 28.6 Å². The number of carboxylic acid groups (broad SMARTS) is 1. The van der Waals surface area contributed by atoms with Crippen molar-refractivity contribution in [3.8, 4) is 0 Å². The summed E-state index contributed by atoms with van der Waals surface area (Å²) in [5, 5.41) is 8.87. The minimum absolute atomic E-state index is 0.000185. The van der Waals surface area contributed by atoms with Gasteiger partial charge >= 0.3 is 17.9 Å². The Kier molecular flexibility index (Phi) is 9.88. The summed E-state index contributed by atoms with van der Waals surface area (Å²) in [6.07, 6.45) is 18.2. The van der Waals surface area contributed by atoms with Crippen molar-refractivity contribution in [3.05, 3.63) is 36.5 Å².